The summed E-state index contributed by atoms with van der Waals surface area (Å²) in [4.78, 5) is 19.8. The number of hydrogen-bond acceptors (Lipinski definition) is 6. The van der Waals surface area contributed by atoms with Crippen LogP contribution in [0.25, 0.3) is 0 Å². The van der Waals surface area contributed by atoms with Crippen LogP contribution in [0.15, 0.2) is 12.4 Å². The Morgan fingerprint density at radius 2 is 2.39 bits per heavy atom. The fourth-order valence-corrected chi connectivity index (χ4v) is 1.87. The number of hydrazine groups is 1. The van der Waals surface area contributed by atoms with Crippen LogP contribution >= 0.6 is 0 Å². The van der Waals surface area contributed by atoms with Gasteiger partial charge in [0.2, 0.25) is 0 Å². The lowest BCUT2D eigenvalue weighted by atomic mass is 10.0. The molecule has 2 atom stereocenters. The van der Waals surface area contributed by atoms with Crippen molar-refractivity contribution in [3.05, 3.63) is 18.1 Å². The summed E-state index contributed by atoms with van der Waals surface area (Å²) in [5, 5.41) is 2.90. The van der Waals surface area contributed by atoms with E-state index in [1.54, 1.807) is 0 Å². The third-order valence-corrected chi connectivity index (χ3v) is 3.06. The second-order valence-electron chi connectivity index (χ2n) is 4.32. The van der Waals surface area contributed by atoms with Gasteiger partial charge in [0.25, 0.3) is 5.91 Å². The molecule has 1 amide bonds. The molecule has 0 spiro atoms. The highest BCUT2D eigenvalue weighted by atomic mass is 16.5. The number of amides is 1. The molecule has 2 rings (SSSR count). The lowest BCUT2D eigenvalue weighted by Crippen LogP contribution is -2.38. The van der Waals surface area contributed by atoms with Crippen molar-refractivity contribution in [3.63, 3.8) is 0 Å². The quantitative estimate of drug-likeness (QED) is 0.511. The predicted molar refractivity (Wildman–Crippen MR) is 65.7 cm³/mol. The number of nitrogen functional groups attached to an aromatic ring is 1. The van der Waals surface area contributed by atoms with Gasteiger partial charge in [-0.3, -0.25) is 4.79 Å². The summed E-state index contributed by atoms with van der Waals surface area (Å²) >= 11 is 0. The Kier molecular flexibility index (Phi) is 4.06. The molecular weight excluding hydrogens is 234 g/mol. The molecule has 1 fully saturated rings. The standard InChI is InChI=1S/C11H17N5O2/c1-7(8-2-3-18-6-8)15-11(17)9-4-14-10(16-12)5-13-9/h4-5,7-8H,2-3,6,12H2,1H3,(H,14,16)(H,15,17). The van der Waals surface area contributed by atoms with Crippen LogP contribution < -0.4 is 16.6 Å². The van der Waals surface area contributed by atoms with Crippen LogP contribution in [0.4, 0.5) is 5.82 Å². The van der Waals surface area contributed by atoms with Crippen molar-refractivity contribution < 1.29 is 9.53 Å². The first kappa shape index (κ1) is 12.7. The highest BCUT2D eigenvalue weighted by Gasteiger charge is 2.24. The number of nitrogens with zero attached hydrogens (tertiary/aromatic N) is 2. The summed E-state index contributed by atoms with van der Waals surface area (Å²) in [5.74, 6) is 5.73. The molecule has 4 N–H and O–H groups in total. The maximum atomic E-state index is 11.9. The van der Waals surface area contributed by atoms with Crippen LogP contribution in [-0.2, 0) is 4.74 Å². The molecule has 1 aromatic heterocycles. The molecule has 0 saturated carbocycles. The molecule has 2 heterocycles. The Balaban J connectivity index is 1.93. The smallest absolute Gasteiger partial charge is 0.271 e. The molecule has 0 radical (unpaired) electrons. The first-order chi connectivity index (χ1) is 8.70. The van der Waals surface area contributed by atoms with Crippen LogP contribution in [0.2, 0.25) is 0 Å². The molecule has 1 saturated heterocycles. The summed E-state index contributed by atoms with van der Waals surface area (Å²) in [6.07, 6.45) is 3.78. The van der Waals surface area contributed by atoms with E-state index in [2.05, 4.69) is 20.7 Å². The van der Waals surface area contributed by atoms with E-state index in [9.17, 15) is 4.79 Å². The van der Waals surface area contributed by atoms with Crippen LogP contribution in [0.3, 0.4) is 0 Å². The van der Waals surface area contributed by atoms with E-state index in [1.807, 2.05) is 6.92 Å². The Hall–Kier alpha value is -1.73. The first-order valence-corrected chi connectivity index (χ1v) is 5.88. The second-order valence-corrected chi connectivity index (χ2v) is 4.32. The van der Waals surface area contributed by atoms with E-state index >= 15 is 0 Å². The number of nitrogens with two attached hydrogens (primary N) is 1. The third-order valence-electron chi connectivity index (χ3n) is 3.06. The molecule has 7 heteroatoms. The minimum absolute atomic E-state index is 0.0640. The molecule has 18 heavy (non-hydrogen) atoms. The molecule has 2 unspecified atom stereocenters. The van der Waals surface area contributed by atoms with Crippen LogP contribution in [0.5, 0.6) is 0 Å². The van der Waals surface area contributed by atoms with Gasteiger partial charge < -0.3 is 15.5 Å². The zero-order chi connectivity index (χ0) is 13.0. The molecule has 1 aliphatic heterocycles. The molecular formula is C11H17N5O2. The number of ether oxygens (including phenoxy) is 1. The van der Waals surface area contributed by atoms with Gasteiger partial charge in [-0.25, -0.2) is 15.8 Å². The van der Waals surface area contributed by atoms with Gasteiger partial charge in [-0.2, -0.15) is 0 Å². The number of anilines is 1. The fourth-order valence-electron chi connectivity index (χ4n) is 1.87. The van der Waals surface area contributed by atoms with E-state index < -0.39 is 0 Å². The number of hydrogen-bond donors (Lipinski definition) is 3. The maximum absolute atomic E-state index is 11.9. The average molecular weight is 251 g/mol. The monoisotopic (exact) mass is 251 g/mol. The van der Waals surface area contributed by atoms with Crippen LogP contribution in [0.1, 0.15) is 23.8 Å². The number of rotatable bonds is 4. The SMILES string of the molecule is CC(NC(=O)c1cnc(NN)cn1)C1CCOC1. The van der Waals surface area contributed by atoms with Gasteiger partial charge in [-0.15, -0.1) is 0 Å². The van der Waals surface area contributed by atoms with Gasteiger partial charge in [-0.05, 0) is 13.3 Å². The van der Waals surface area contributed by atoms with Crippen molar-refractivity contribution in [2.75, 3.05) is 18.6 Å². The zero-order valence-electron chi connectivity index (χ0n) is 10.2. The van der Waals surface area contributed by atoms with E-state index in [0.717, 1.165) is 13.0 Å². The molecule has 0 aliphatic carbocycles. The van der Waals surface area contributed by atoms with Gasteiger partial charge >= 0.3 is 0 Å². The van der Waals surface area contributed by atoms with Crippen LogP contribution in [0, 0.1) is 5.92 Å². The van der Waals surface area contributed by atoms with E-state index in [1.165, 1.54) is 12.4 Å². The van der Waals surface area contributed by atoms with Crippen molar-refractivity contribution >= 4 is 11.7 Å². The molecule has 0 bridgehead atoms. The fraction of sp³-hybridized carbons (Fsp3) is 0.545. The lowest BCUT2D eigenvalue weighted by Gasteiger charge is -2.18. The second kappa shape index (κ2) is 5.74. The molecule has 7 nitrogen and oxygen atoms in total. The molecule has 1 aromatic rings. The number of carbonyl (C=O) groups is 1. The molecule has 0 aromatic carbocycles. The van der Waals surface area contributed by atoms with Crippen molar-refractivity contribution in [1.29, 1.82) is 0 Å². The van der Waals surface area contributed by atoms with Crippen LogP contribution in [-0.4, -0.2) is 35.1 Å². The normalized spacial score (nSPS) is 20.4. The summed E-state index contributed by atoms with van der Waals surface area (Å²) in [6.45, 7) is 3.44. The highest BCUT2D eigenvalue weighted by Crippen LogP contribution is 2.16. The summed E-state index contributed by atoms with van der Waals surface area (Å²) < 4.78 is 5.29. The van der Waals surface area contributed by atoms with Gasteiger partial charge in [-0.1, -0.05) is 0 Å². The third kappa shape index (κ3) is 2.93. The number of carbonyl (C=O) groups excluding carboxylic acids is 1. The Bertz CT molecular complexity index is 402. The van der Waals surface area contributed by atoms with Crippen molar-refractivity contribution in [1.82, 2.24) is 15.3 Å². The number of nitrogens with one attached hydrogen (secondary N) is 2. The van der Waals surface area contributed by atoms with Gasteiger partial charge in [0, 0.05) is 18.6 Å². The first-order valence-electron chi connectivity index (χ1n) is 5.88. The lowest BCUT2D eigenvalue weighted by molar-refractivity contribution is 0.0917. The Labute approximate surface area is 105 Å². The van der Waals surface area contributed by atoms with Crippen molar-refractivity contribution in [2.24, 2.45) is 11.8 Å². The maximum Gasteiger partial charge on any atom is 0.271 e. The van der Waals surface area contributed by atoms with E-state index in [4.69, 9.17) is 10.6 Å². The van der Waals surface area contributed by atoms with Gasteiger partial charge in [0.15, 0.2) is 5.82 Å². The summed E-state index contributed by atoms with van der Waals surface area (Å²) in [5.41, 5.74) is 2.63. The minimum atomic E-state index is -0.231. The van der Waals surface area contributed by atoms with E-state index in [0.29, 0.717) is 18.3 Å². The zero-order valence-corrected chi connectivity index (χ0v) is 10.2. The largest absolute Gasteiger partial charge is 0.381 e. The summed E-state index contributed by atoms with van der Waals surface area (Å²) in [7, 11) is 0. The Morgan fingerprint density at radius 1 is 1.56 bits per heavy atom. The van der Waals surface area contributed by atoms with E-state index in [-0.39, 0.29) is 17.6 Å². The highest BCUT2D eigenvalue weighted by molar-refractivity contribution is 5.92. The minimum Gasteiger partial charge on any atom is -0.381 e. The average Bonchev–Trinajstić information content (AvgIpc) is 2.92. The molecule has 1 aliphatic rings. The van der Waals surface area contributed by atoms with Gasteiger partial charge in [0.05, 0.1) is 19.0 Å². The molecule has 98 valence electrons. The topological polar surface area (TPSA) is 102 Å². The van der Waals surface area contributed by atoms with Crippen molar-refractivity contribution in [2.45, 2.75) is 19.4 Å². The number of aromatic nitrogens is 2. The predicted octanol–water partition coefficient (Wildman–Crippen LogP) is -0.0830. The summed E-state index contributed by atoms with van der Waals surface area (Å²) in [6, 6.07) is 0.0640. The van der Waals surface area contributed by atoms with Crippen molar-refractivity contribution in [3.8, 4) is 0 Å². The van der Waals surface area contributed by atoms with Gasteiger partial charge in [0.1, 0.15) is 5.69 Å². The Morgan fingerprint density at radius 3 is 2.94 bits per heavy atom.